The average molecular weight is 436 g/mol. The number of halogens is 2. The zero-order valence-corrected chi connectivity index (χ0v) is 15.9. The lowest BCUT2D eigenvalue weighted by molar-refractivity contribution is 0.0954. The second-order valence-corrected chi connectivity index (χ2v) is 7.09. The molecule has 0 aliphatic rings. The summed E-state index contributed by atoms with van der Waals surface area (Å²) in [4.78, 5) is 17.0. The minimum atomic E-state index is -0.313. The molecule has 1 amide bonds. The van der Waals surface area contributed by atoms with E-state index in [1.165, 1.54) is 17.6 Å². The molecule has 0 saturated heterocycles. The Bertz CT molecular complexity index is 914. The van der Waals surface area contributed by atoms with Crippen LogP contribution in [0.5, 0.6) is 0 Å². The molecular weight excluding hydrogens is 424 g/mol. The molecule has 1 aromatic heterocycles. The predicted molar refractivity (Wildman–Crippen MR) is 106 cm³/mol. The van der Waals surface area contributed by atoms with E-state index in [9.17, 15) is 4.79 Å². The Morgan fingerprint density at radius 1 is 1.16 bits per heavy atom. The van der Waals surface area contributed by atoms with Crippen molar-refractivity contribution in [1.82, 2.24) is 10.4 Å². The molecule has 0 spiro atoms. The van der Waals surface area contributed by atoms with Crippen LogP contribution in [0.2, 0.25) is 5.15 Å². The monoisotopic (exact) mass is 434 g/mol. The highest BCUT2D eigenvalue weighted by Crippen LogP contribution is 2.27. The molecule has 5 nitrogen and oxygen atoms in total. The second-order valence-electron chi connectivity index (χ2n) is 4.84. The van der Waals surface area contributed by atoms with Crippen LogP contribution in [0.4, 0.5) is 10.8 Å². The number of nitrogens with zero attached hydrogens (tertiary/aromatic N) is 2. The van der Waals surface area contributed by atoms with Crippen molar-refractivity contribution in [3.63, 3.8) is 0 Å². The van der Waals surface area contributed by atoms with Crippen molar-refractivity contribution in [1.29, 1.82) is 0 Å². The second kappa shape index (κ2) is 8.24. The van der Waals surface area contributed by atoms with Crippen LogP contribution in [-0.2, 0) is 0 Å². The molecule has 0 atom stereocenters. The smallest absolute Gasteiger partial charge is 0.272 e. The van der Waals surface area contributed by atoms with Gasteiger partial charge in [-0.15, -0.1) is 0 Å². The number of hydrogen-bond acceptors (Lipinski definition) is 5. The van der Waals surface area contributed by atoms with E-state index in [0.717, 1.165) is 5.69 Å². The lowest BCUT2D eigenvalue weighted by Crippen LogP contribution is -2.17. The van der Waals surface area contributed by atoms with Gasteiger partial charge in [-0.25, -0.2) is 10.4 Å². The Morgan fingerprint density at radius 3 is 2.64 bits per heavy atom. The minimum absolute atomic E-state index is 0.313. The average Bonchev–Trinajstić information content (AvgIpc) is 2.95. The molecule has 0 aliphatic heterocycles. The molecule has 0 aliphatic carbocycles. The van der Waals surface area contributed by atoms with Gasteiger partial charge in [0.2, 0.25) is 0 Å². The number of thiazole rings is 1. The molecule has 8 heteroatoms. The molecule has 126 valence electrons. The normalized spacial score (nSPS) is 10.8. The Kier molecular flexibility index (Phi) is 5.80. The first-order chi connectivity index (χ1) is 12.1. The first-order valence-electron chi connectivity index (χ1n) is 7.20. The number of hydrogen-bond donors (Lipinski definition) is 2. The third-order valence-corrected chi connectivity index (χ3v) is 5.10. The van der Waals surface area contributed by atoms with Crippen molar-refractivity contribution in [2.45, 2.75) is 0 Å². The van der Waals surface area contributed by atoms with Crippen LogP contribution in [-0.4, -0.2) is 17.1 Å². The van der Waals surface area contributed by atoms with Crippen LogP contribution in [0.15, 0.2) is 64.2 Å². The number of rotatable bonds is 5. The van der Waals surface area contributed by atoms with E-state index in [2.05, 4.69) is 36.8 Å². The minimum Gasteiger partial charge on any atom is -0.331 e. The van der Waals surface area contributed by atoms with Crippen LogP contribution in [0.25, 0.3) is 0 Å². The molecule has 2 N–H and O–H groups in total. The molecule has 3 aromatic rings. The van der Waals surface area contributed by atoms with Gasteiger partial charge < -0.3 is 5.32 Å². The fraction of sp³-hybridized carbons (Fsp3) is 0. The highest BCUT2D eigenvalue weighted by Gasteiger charge is 2.10. The predicted octanol–water partition coefficient (Wildman–Crippen LogP) is 5.07. The summed E-state index contributed by atoms with van der Waals surface area (Å²) in [7, 11) is 0. The maximum Gasteiger partial charge on any atom is 0.272 e. The molecule has 2 aromatic carbocycles. The SMILES string of the molecule is O=C(N/N=C/c1sc(Nc2ccccc2)nc1Cl)c1ccccc1Br. The summed E-state index contributed by atoms with van der Waals surface area (Å²) in [5.74, 6) is -0.313. The van der Waals surface area contributed by atoms with Crippen molar-refractivity contribution in [3.8, 4) is 0 Å². The summed E-state index contributed by atoms with van der Waals surface area (Å²) in [6.45, 7) is 0. The third kappa shape index (κ3) is 4.66. The fourth-order valence-electron chi connectivity index (χ4n) is 1.95. The number of anilines is 2. The highest BCUT2D eigenvalue weighted by atomic mass is 79.9. The van der Waals surface area contributed by atoms with Gasteiger partial charge in [-0.05, 0) is 40.2 Å². The van der Waals surface area contributed by atoms with Gasteiger partial charge in [-0.3, -0.25) is 4.79 Å². The summed E-state index contributed by atoms with van der Waals surface area (Å²) in [5, 5.41) is 8.09. The summed E-state index contributed by atoms with van der Waals surface area (Å²) < 4.78 is 0.702. The fourth-order valence-corrected chi connectivity index (χ4v) is 3.46. The first-order valence-corrected chi connectivity index (χ1v) is 9.18. The van der Waals surface area contributed by atoms with E-state index in [0.29, 0.717) is 25.2 Å². The zero-order chi connectivity index (χ0) is 17.6. The Balaban J connectivity index is 1.66. The van der Waals surface area contributed by atoms with Crippen molar-refractivity contribution < 1.29 is 4.79 Å². The summed E-state index contributed by atoms with van der Waals surface area (Å²) in [5.41, 5.74) is 3.89. The van der Waals surface area contributed by atoms with Gasteiger partial charge in [0.25, 0.3) is 5.91 Å². The quantitative estimate of drug-likeness (QED) is 0.434. The zero-order valence-electron chi connectivity index (χ0n) is 12.7. The topological polar surface area (TPSA) is 66.4 Å². The summed E-state index contributed by atoms with van der Waals surface area (Å²) in [6, 6.07) is 16.8. The van der Waals surface area contributed by atoms with Crippen LogP contribution in [0.3, 0.4) is 0 Å². The maximum atomic E-state index is 12.1. The van der Waals surface area contributed by atoms with Crippen molar-refractivity contribution in [2.75, 3.05) is 5.32 Å². The largest absolute Gasteiger partial charge is 0.331 e. The number of hydrazone groups is 1. The van der Waals surface area contributed by atoms with Crippen LogP contribution >= 0.6 is 38.9 Å². The molecule has 0 saturated carbocycles. The highest BCUT2D eigenvalue weighted by molar-refractivity contribution is 9.10. The molecule has 3 rings (SSSR count). The van der Waals surface area contributed by atoms with Gasteiger partial charge >= 0.3 is 0 Å². The van der Waals surface area contributed by atoms with Crippen molar-refractivity contribution in [3.05, 3.63) is 74.7 Å². The molecule has 0 fully saturated rings. The van der Waals surface area contributed by atoms with Gasteiger partial charge in [0, 0.05) is 10.2 Å². The summed E-state index contributed by atoms with van der Waals surface area (Å²) >= 11 is 10.8. The van der Waals surface area contributed by atoms with E-state index in [1.54, 1.807) is 18.2 Å². The van der Waals surface area contributed by atoms with Crippen LogP contribution in [0, 0.1) is 0 Å². The lowest BCUT2D eigenvalue weighted by Gasteiger charge is -2.01. The Labute approximate surface area is 161 Å². The molecular formula is C17H12BrClN4OS. The number of carbonyl (C=O) groups excluding carboxylic acids is 1. The molecule has 25 heavy (non-hydrogen) atoms. The van der Waals surface area contributed by atoms with Gasteiger partial charge in [-0.1, -0.05) is 53.3 Å². The van der Waals surface area contributed by atoms with Crippen molar-refractivity contribution in [2.24, 2.45) is 5.10 Å². The van der Waals surface area contributed by atoms with E-state index >= 15 is 0 Å². The number of carbonyl (C=O) groups is 1. The molecule has 0 radical (unpaired) electrons. The van der Waals surface area contributed by atoms with Gasteiger partial charge in [-0.2, -0.15) is 5.10 Å². The number of benzene rings is 2. The van der Waals surface area contributed by atoms with E-state index in [-0.39, 0.29) is 5.91 Å². The Morgan fingerprint density at radius 2 is 1.88 bits per heavy atom. The van der Waals surface area contributed by atoms with E-state index in [1.807, 2.05) is 36.4 Å². The third-order valence-electron chi connectivity index (χ3n) is 3.10. The van der Waals surface area contributed by atoms with Crippen LogP contribution in [0.1, 0.15) is 15.2 Å². The van der Waals surface area contributed by atoms with Gasteiger partial charge in [0.15, 0.2) is 10.3 Å². The van der Waals surface area contributed by atoms with Gasteiger partial charge in [0.05, 0.1) is 16.7 Å². The molecule has 0 unspecified atom stereocenters. The molecule has 1 heterocycles. The standard InChI is InChI=1S/C17H12BrClN4OS/c18-13-9-5-4-8-12(13)16(24)23-20-10-14-15(19)22-17(25-14)21-11-6-2-1-3-7-11/h1-10H,(H,21,22)(H,23,24)/b20-10+. The van der Waals surface area contributed by atoms with Gasteiger partial charge in [0.1, 0.15) is 0 Å². The number of aromatic nitrogens is 1. The summed E-state index contributed by atoms with van der Waals surface area (Å²) in [6.07, 6.45) is 1.48. The van der Waals surface area contributed by atoms with E-state index < -0.39 is 0 Å². The number of nitrogens with one attached hydrogen (secondary N) is 2. The van der Waals surface area contributed by atoms with E-state index in [4.69, 9.17) is 11.6 Å². The lowest BCUT2D eigenvalue weighted by atomic mass is 10.2. The first kappa shape index (κ1) is 17.6. The Hall–Kier alpha value is -2.22. The maximum absolute atomic E-state index is 12.1. The number of para-hydroxylation sites is 1. The molecule has 0 bridgehead atoms. The number of amides is 1. The van der Waals surface area contributed by atoms with Crippen molar-refractivity contribution >= 4 is 61.8 Å². The van der Waals surface area contributed by atoms with Crippen LogP contribution < -0.4 is 10.7 Å².